The van der Waals surface area contributed by atoms with Crippen LogP contribution in [0, 0.1) is 6.92 Å². The summed E-state index contributed by atoms with van der Waals surface area (Å²) in [4.78, 5) is 25.8. The molecule has 0 unspecified atom stereocenters. The van der Waals surface area contributed by atoms with Gasteiger partial charge in [0.05, 0.1) is 5.69 Å². The predicted octanol–water partition coefficient (Wildman–Crippen LogP) is 4.20. The van der Waals surface area contributed by atoms with Crippen LogP contribution >= 0.6 is 15.9 Å². The quantitative estimate of drug-likeness (QED) is 0.768. The van der Waals surface area contributed by atoms with Crippen LogP contribution in [0.5, 0.6) is 0 Å². The highest BCUT2D eigenvalue weighted by atomic mass is 79.9. The number of anilines is 1. The van der Waals surface area contributed by atoms with Gasteiger partial charge in [0.1, 0.15) is 0 Å². The second-order valence-electron chi connectivity index (χ2n) is 6.53. The zero-order valence-corrected chi connectivity index (χ0v) is 16.3. The van der Waals surface area contributed by atoms with E-state index < -0.39 is 0 Å². The van der Waals surface area contributed by atoms with E-state index in [9.17, 15) is 9.59 Å². The van der Waals surface area contributed by atoms with E-state index in [1.165, 1.54) is 0 Å². The fourth-order valence-corrected chi connectivity index (χ4v) is 3.59. The van der Waals surface area contributed by atoms with Gasteiger partial charge in [-0.1, -0.05) is 30.3 Å². The molecule has 2 aromatic carbocycles. The highest BCUT2D eigenvalue weighted by Crippen LogP contribution is 2.23. The fraction of sp³-hybridized carbons (Fsp3) is 0.300. The normalized spacial score (nSPS) is 13.8. The number of hydrogen-bond acceptors (Lipinski definition) is 2. The molecule has 0 bridgehead atoms. The number of urea groups is 1. The van der Waals surface area contributed by atoms with Crippen molar-refractivity contribution in [1.82, 2.24) is 10.2 Å². The maximum atomic E-state index is 12.1. The summed E-state index contributed by atoms with van der Waals surface area (Å²) in [5.41, 5.74) is 3.94. The van der Waals surface area contributed by atoms with E-state index in [2.05, 4.69) is 26.6 Å². The maximum absolute atomic E-state index is 12.1. The number of carbonyl (C=O) groups excluding carboxylic acids is 2. The number of halogens is 1. The first-order valence-electron chi connectivity index (χ1n) is 8.68. The largest absolute Gasteiger partial charge is 0.338 e. The summed E-state index contributed by atoms with van der Waals surface area (Å²) < 4.78 is 0.852. The van der Waals surface area contributed by atoms with Crippen molar-refractivity contribution in [3.8, 4) is 0 Å². The maximum Gasteiger partial charge on any atom is 0.319 e. The van der Waals surface area contributed by atoms with E-state index >= 15 is 0 Å². The van der Waals surface area contributed by atoms with Crippen LogP contribution in [0.15, 0.2) is 46.9 Å². The Kier molecular flexibility index (Phi) is 5.93. The summed E-state index contributed by atoms with van der Waals surface area (Å²) in [6.07, 6.45) is 1.59. The zero-order chi connectivity index (χ0) is 18.5. The highest BCUT2D eigenvalue weighted by Gasteiger charge is 2.19. The van der Waals surface area contributed by atoms with E-state index in [0.717, 1.165) is 39.8 Å². The summed E-state index contributed by atoms with van der Waals surface area (Å²) in [6, 6.07) is 13.5. The lowest BCUT2D eigenvalue weighted by Crippen LogP contribution is -2.28. The molecule has 3 amide bonds. The average molecular weight is 416 g/mol. The molecule has 0 radical (unpaired) electrons. The Morgan fingerprint density at radius 1 is 1.19 bits per heavy atom. The van der Waals surface area contributed by atoms with Crippen LogP contribution in [0.2, 0.25) is 0 Å². The molecule has 5 nitrogen and oxygen atoms in total. The molecule has 1 aliphatic rings. The van der Waals surface area contributed by atoms with Gasteiger partial charge in [0.25, 0.3) is 0 Å². The third-order valence-electron chi connectivity index (χ3n) is 4.36. The molecular weight excluding hydrogens is 394 g/mol. The minimum atomic E-state index is -0.255. The minimum absolute atomic E-state index is 0.219. The molecule has 136 valence electrons. The number of likely N-dealkylation sites (tertiary alicyclic amines) is 1. The lowest BCUT2D eigenvalue weighted by Gasteiger charge is -2.16. The molecule has 2 N–H and O–H groups in total. The van der Waals surface area contributed by atoms with E-state index in [4.69, 9.17) is 0 Å². The smallest absolute Gasteiger partial charge is 0.319 e. The summed E-state index contributed by atoms with van der Waals surface area (Å²) in [7, 11) is 0. The van der Waals surface area contributed by atoms with Gasteiger partial charge >= 0.3 is 6.03 Å². The lowest BCUT2D eigenvalue weighted by molar-refractivity contribution is -0.128. The Balaban J connectivity index is 1.54. The van der Waals surface area contributed by atoms with Crippen molar-refractivity contribution >= 4 is 33.6 Å². The monoisotopic (exact) mass is 415 g/mol. The number of amides is 3. The van der Waals surface area contributed by atoms with Crippen molar-refractivity contribution in [2.75, 3.05) is 11.9 Å². The topological polar surface area (TPSA) is 61.4 Å². The summed E-state index contributed by atoms with van der Waals surface area (Å²) in [5, 5.41) is 5.70. The van der Waals surface area contributed by atoms with E-state index in [0.29, 0.717) is 19.5 Å². The van der Waals surface area contributed by atoms with Crippen molar-refractivity contribution in [1.29, 1.82) is 0 Å². The molecule has 0 aromatic heterocycles. The lowest BCUT2D eigenvalue weighted by atomic mass is 10.1. The molecule has 6 heteroatoms. The second-order valence-corrected chi connectivity index (χ2v) is 7.38. The first-order chi connectivity index (χ1) is 12.5. The van der Waals surface area contributed by atoms with Crippen LogP contribution in [0.4, 0.5) is 10.5 Å². The molecule has 0 aliphatic carbocycles. The SMILES string of the molecule is Cc1ccc(NC(=O)NCc2cccc(CN3CCCC3=O)c2)c(Br)c1. The van der Waals surface area contributed by atoms with Crippen molar-refractivity contribution in [2.24, 2.45) is 0 Å². The van der Waals surface area contributed by atoms with Gasteiger partial charge in [0.2, 0.25) is 5.91 Å². The van der Waals surface area contributed by atoms with Crippen LogP contribution in [0.3, 0.4) is 0 Å². The van der Waals surface area contributed by atoms with Crippen molar-refractivity contribution in [2.45, 2.75) is 32.9 Å². The first kappa shape index (κ1) is 18.5. The number of aryl methyl sites for hydroxylation is 1. The Labute approximate surface area is 161 Å². The number of rotatable bonds is 5. The van der Waals surface area contributed by atoms with Gasteiger partial charge < -0.3 is 15.5 Å². The number of nitrogens with one attached hydrogen (secondary N) is 2. The zero-order valence-electron chi connectivity index (χ0n) is 14.7. The van der Waals surface area contributed by atoms with Crippen LogP contribution in [-0.2, 0) is 17.9 Å². The number of nitrogens with zero attached hydrogens (tertiary/aromatic N) is 1. The van der Waals surface area contributed by atoms with E-state index in [1.54, 1.807) is 0 Å². The van der Waals surface area contributed by atoms with Crippen LogP contribution in [0.25, 0.3) is 0 Å². The Morgan fingerprint density at radius 2 is 2.00 bits per heavy atom. The van der Waals surface area contributed by atoms with Crippen LogP contribution in [-0.4, -0.2) is 23.4 Å². The Bertz CT molecular complexity index is 822. The minimum Gasteiger partial charge on any atom is -0.338 e. The molecule has 1 heterocycles. The van der Waals surface area contributed by atoms with Crippen molar-refractivity contribution in [3.05, 3.63) is 63.6 Å². The van der Waals surface area contributed by atoms with Gasteiger partial charge in [-0.15, -0.1) is 0 Å². The molecule has 1 aliphatic heterocycles. The van der Waals surface area contributed by atoms with E-state index in [1.807, 2.05) is 54.3 Å². The van der Waals surface area contributed by atoms with E-state index in [-0.39, 0.29) is 11.9 Å². The Hall–Kier alpha value is -2.34. The second kappa shape index (κ2) is 8.36. The summed E-state index contributed by atoms with van der Waals surface area (Å²) in [6.45, 7) is 3.89. The fourth-order valence-electron chi connectivity index (χ4n) is 3.00. The van der Waals surface area contributed by atoms with Crippen LogP contribution < -0.4 is 10.6 Å². The van der Waals surface area contributed by atoms with Gasteiger partial charge in [0, 0.05) is 30.5 Å². The molecular formula is C20H22BrN3O2. The van der Waals surface area contributed by atoms with Crippen molar-refractivity contribution in [3.63, 3.8) is 0 Å². The number of benzene rings is 2. The molecule has 0 atom stereocenters. The summed E-state index contributed by atoms with van der Waals surface area (Å²) >= 11 is 3.45. The predicted molar refractivity (Wildman–Crippen MR) is 106 cm³/mol. The van der Waals surface area contributed by atoms with Gasteiger partial charge in [-0.3, -0.25) is 4.79 Å². The number of hydrogen-bond donors (Lipinski definition) is 2. The molecule has 1 saturated heterocycles. The van der Waals surface area contributed by atoms with Gasteiger partial charge in [-0.2, -0.15) is 0 Å². The molecule has 3 rings (SSSR count). The third kappa shape index (κ3) is 4.85. The molecule has 0 saturated carbocycles. The average Bonchev–Trinajstić information content (AvgIpc) is 3.01. The van der Waals surface area contributed by atoms with Crippen LogP contribution in [0.1, 0.15) is 29.5 Å². The van der Waals surface area contributed by atoms with Gasteiger partial charge in [-0.25, -0.2) is 4.79 Å². The Morgan fingerprint density at radius 3 is 2.73 bits per heavy atom. The molecule has 26 heavy (non-hydrogen) atoms. The third-order valence-corrected chi connectivity index (χ3v) is 5.02. The summed E-state index contributed by atoms with van der Waals surface area (Å²) in [5.74, 6) is 0.219. The molecule has 0 spiro atoms. The standard InChI is InChI=1S/C20H22BrN3O2/c1-14-7-8-18(17(21)10-14)23-20(26)22-12-15-4-2-5-16(11-15)13-24-9-3-6-19(24)25/h2,4-5,7-8,10-11H,3,6,9,12-13H2,1H3,(H2,22,23,26). The molecule has 1 fully saturated rings. The van der Waals surface area contributed by atoms with Crippen molar-refractivity contribution < 1.29 is 9.59 Å². The first-order valence-corrected chi connectivity index (χ1v) is 9.47. The van der Waals surface area contributed by atoms with Gasteiger partial charge in [-0.05, 0) is 58.1 Å². The number of carbonyl (C=O) groups is 2. The molecule has 2 aromatic rings. The van der Waals surface area contributed by atoms with Gasteiger partial charge in [0.15, 0.2) is 0 Å². The highest BCUT2D eigenvalue weighted by molar-refractivity contribution is 9.10.